The van der Waals surface area contributed by atoms with Crippen molar-refractivity contribution in [2.24, 2.45) is 5.73 Å². The van der Waals surface area contributed by atoms with Gasteiger partial charge in [0.2, 0.25) is 0 Å². The van der Waals surface area contributed by atoms with E-state index >= 15 is 0 Å². The zero-order chi connectivity index (χ0) is 15.3. The maximum atomic E-state index is 6.22. The van der Waals surface area contributed by atoms with Gasteiger partial charge in [-0.1, -0.05) is 0 Å². The minimum absolute atomic E-state index is 0. The van der Waals surface area contributed by atoms with Gasteiger partial charge in [0.25, 0.3) is 0 Å². The standard InChI is InChI=1S/2C6H11.C6H5.C2H6N.ClH.Sn/c3*1-2-4-6-5-3-1;1-2-3;;/h2*1H,2-6H2;1-5H;1-3H2;1H;. The minimum atomic E-state index is -2.44. The molecule has 0 radical (unpaired) electrons. The first-order valence-electron chi connectivity index (χ1n) is 9.63. The fourth-order valence-corrected chi connectivity index (χ4v) is 25.2. The molecule has 23 heavy (non-hydrogen) atoms. The second kappa shape index (κ2) is 9.67. The molecule has 130 valence electrons. The Balaban J connectivity index is 0.00000192. The van der Waals surface area contributed by atoms with Crippen molar-refractivity contribution in [1.29, 1.82) is 0 Å². The molecule has 0 heterocycles. The van der Waals surface area contributed by atoms with Crippen molar-refractivity contribution in [1.82, 2.24) is 0 Å². The van der Waals surface area contributed by atoms with Crippen LogP contribution < -0.4 is 9.31 Å². The van der Waals surface area contributed by atoms with Crippen LogP contribution in [0.5, 0.6) is 0 Å². The fourth-order valence-electron chi connectivity index (χ4n) is 5.58. The van der Waals surface area contributed by atoms with Gasteiger partial charge in [-0.05, 0) is 0 Å². The second-order valence-corrected chi connectivity index (χ2v) is 21.3. The van der Waals surface area contributed by atoms with E-state index in [9.17, 15) is 0 Å². The van der Waals surface area contributed by atoms with Crippen LogP contribution in [0.25, 0.3) is 0 Å². The first kappa shape index (κ1) is 19.6. The molecular formula is C20H34ClNSn. The van der Waals surface area contributed by atoms with E-state index in [0.717, 1.165) is 14.4 Å². The summed E-state index contributed by atoms with van der Waals surface area (Å²) in [6.45, 7) is 0.929. The van der Waals surface area contributed by atoms with Crippen LogP contribution in [0.1, 0.15) is 64.2 Å². The number of benzene rings is 1. The summed E-state index contributed by atoms with van der Waals surface area (Å²) >= 11 is -2.44. The monoisotopic (exact) mass is 443 g/mol. The quantitative estimate of drug-likeness (QED) is 0.608. The first-order valence-corrected chi connectivity index (χ1v) is 16.4. The number of nitrogens with two attached hydrogens (primary N) is 1. The summed E-state index contributed by atoms with van der Waals surface area (Å²) in [7, 11) is 0. The van der Waals surface area contributed by atoms with Gasteiger partial charge in [0.1, 0.15) is 0 Å². The topological polar surface area (TPSA) is 26.0 Å². The molecule has 0 amide bonds. The number of halogens is 1. The van der Waals surface area contributed by atoms with Crippen molar-refractivity contribution in [3.05, 3.63) is 30.3 Å². The number of hydrogen-bond donors (Lipinski definition) is 1. The molecule has 0 spiro atoms. The van der Waals surface area contributed by atoms with Crippen LogP contribution in [0.15, 0.2) is 30.3 Å². The van der Waals surface area contributed by atoms with Gasteiger partial charge in [-0.2, -0.15) is 0 Å². The van der Waals surface area contributed by atoms with Crippen molar-refractivity contribution < 1.29 is 0 Å². The molecule has 0 aliphatic heterocycles. The van der Waals surface area contributed by atoms with Gasteiger partial charge in [0.05, 0.1) is 0 Å². The van der Waals surface area contributed by atoms with E-state index in [0.29, 0.717) is 0 Å². The molecule has 2 saturated carbocycles. The van der Waals surface area contributed by atoms with E-state index in [-0.39, 0.29) is 12.4 Å². The van der Waals surface area contributed by atoms with E-state index in [1.807, 2.05) is 0 Å². The SMILES string of the molecule is Cl.NC[CH2][Sn]([c]1ccccc1)([CH]1CCCCC1)[CH]1CCCCC1. The Hall–Kier alpha value is 0.269. The van der Waals surface area contributed by atoms with Gasteiger partial charge in [0, 0.05) is 0 Å². The van der Waals surface area contributed by atoms with Crippen LogP contribution in [-0.4, -0.2) is 24.9 Å². The summed E-state index contributed by atoms with van der Waals surface area (Å²) in [6, 6.07) is 11.8. The first-order chi connectivity index (χ1) is 10.9. The third kappa shape index (κ3) is 4.27. The molecule has 3 heteroatoms. The van der Waals surface area contributed by atoms with E-state index in [2.05, 4.69) is 30.3 Å². The molecule has 0 saturated heterocycles. The van der Waals surface area contributed by atoms with Crippen LogP contribution >= 0.6 is 12.4 Å². The molecular weight excluding hydrogens is 408 g/mol. The molecule has 0 aromatic heterocycles. The van der Waals surface area contributed by atoms with Gasteiger partial charge >= 0.3 is 141 Å². The van der Waals surface area contributed by atoms with Crippen molar-refractivity contribution in [2.45, 2.75) is 76.5 Å². The Morgan fingerprint density at radius 1 is 0.783 bits per heavy atom. The van der Waals surface area contributed by atoms with Crippen LogP contribution in [0.4, 0.5) is 0 Å². The summed E-state index contributed by atoms with van der Waals surface area (Å²) in [5, 5.41) is 0. The summed E-state index contributed by atoms with van der Waals surface area (Å²) in [5.74, 6) is 0. The van der Waals surface area contributed by atoms with Gasteiger partial charge < -0.3 is 0 Å². The number of hydrogen-bond acceptors (Lipinski definition) is 1. The zero-order valence-corrected chi connectivity index (χ0v) is 18.2. The average molecular weight is 443 g/mol. The molecule has 2 aliphatic carbocycles. The van der Waals surface area contributed by atoms with E-state index < -0.39 is 18.4 Å². The molecule has 0 unspecified atom stereocenters. The summed E-state index contributed by atoms with van der Waals surface area (Å²) in [6.07, 6.45) is 14.9. The maximum absolute atomic E-state index is 6.22. The molecule has 2 aliphatic rings. The third-order valence-electron chi connectivity index (χ3n) is 6.54. The molecule has 1 aromatic rings. The summed E-state index contributed by atoms with van der Waals surface area (Å²) in [4.78, 5) is 0. The van der Waals surface area contributed by atoms with Gasteiger partial charge in [-0.3, -0.25) is 0 Å². The summed E-state index contributed by atoms with van der Waals surface area (Å²) < 4.78 is 5.34. The van der Waals surface area contributed by atoms with Crippen molar-refractivity contribution in [3.8, 4) is 0 Å². The Kier molecular flexibility index (Phi) is 8.24. The molecule has 3 rings (SSSR count). The summed E-state index contributed by atoms with van der Waals surface area (Å²) in [5.41, 5.74) is 6.22. The van der Waals surface area contributed by atoms with Crippen molar-refractivity contribution >= 4 is 34.4 Å². The molecule has 2 N–H and O–H groups in total. The Morgan fingerprint density at radius 3 is 1.70 bits per heavy atom. The predicted molar refractivity (Wildman–Crippen MR) is 107 cm³/mol. The van der Waals surface area contributed by atoms with Crippen molar-refractivity contribution in [3.63, 3.8) is 0 Å². The number of rotatable bonds is 5. The molecule has 1 aromatic carbocycles. The normalized spacial score (nSPS) is 20.9. The third-order valence-corrected chi connectivity index (χ3v) is 25.4. The van der Waals surface area contributed by atoms with Gasteiger partial charge in [0.15, 0.2) is 0 Å². The Labute approximate surface area is 153 Å². The van der Waals surface area contributed by atoms with Crippen LogP contribution in [0.2, 0.25) is 12.3 Å². The van der Waals surface area contributed by atoms with E-state index in [1.165, 1.54) is 68.6 Å². The van der Waals surface area contributed by atoms with E-state index in [1.54, 1.807) is 3.58 Å². The zero-order valence-electron chi connectivity index (χ0n) is 14.5. The molecule has 1 nitrogen and oxygen atoms in total. The van der Waals surface area contributed by atoms with Crippen LogP contribution in [0, 0.1) is 0 Å². The fraction of sp³-hybridized carbons (Fsp3) is 0.700. The second-order valence-electron chi connectivity index (χ2n) is 7.61. The average Bonchev–Trinajstić information content (AvgIpc) is 2.62. The molecule has 0 bridgehead atoms. The van der Waals surface area contributed by atoms with Crippen LogP contribution in [0.3, 0.4) is 0 Å². The van der Waals surface area contributed by atoms with Crippen LogP contribution in [-0.2, 0) is 0 Å². The molecule has 0 atom stereocenters. The van der Waals surface area contributed by atoms with Gasteiger partial charge in [-0.15, -0.1) is 12.4 Å². The molecule has 2 fully saturated rings. The van der Waals surface area contributed by atoms with Crippen molar-refractivity contribution in [2.75, 3.05) is 6.54 Å². The van der Waals surface area contributed by atoms with E-state index in [4.69, 9.17) is 5.73 Å². The Morgan fingerprint density at radius 2 is 1.26 bits per heavy atom. The Bertz CT molecular complexity index is 420. The van der Waals surface area contributed by atoms with Gasteiger partial charge in [-0.25, -0.2) is 0 Å². The predicted octanol–water partition coefficient (Wildman–Crippen LogP) is 5.39.